The van der Waals surface area contributed by atoms with Crippen LogP contribution >= 0.6 is 0 Å². The Bertz CT molecular complexity index is 855. The van der Waals surface area contributed by atoms with Gasteiger partial charge in [0.25, 0.3) is 5.91 Å². The topological polar surface area (TPSA) is 166 Å². The molecule has 144 valence electrons. The van der Waals surface area contributed by atoms with Crippen molar-refractivity contribution in [2.45, 2.75) is 32.6 Å². The van der Waals surface area contributed by atoms with E-state index in [0.717, 1.165) is 6.42 Å². The van der Waals surface area contributed by atoms with Crippen LogP contribution < -0.4 is 16.8 Å². The van der Waals surface area contributed by atoms with Gasteiger partial charge in [0.05, 0.1) is 11.3 Å². The van der Waals surface area contributed by atoms with Gasteiger partial charge in [-0.2, -0.15) is 0 Å². The fourth-order valence-electron chi connectivity index (χ4n) is 2.99. The number of primary amides is 1. The maximum atomic E-state index is 11.3. The second kappa shape index (κ2) is 7.86. The van der Waals surface area contributed by atoms with Crippen molar-refractivity contribution < 1.29 is 20.1 Å². The molecule has 0 bridgehead atoms. The molecule has 0 saturated heterocycles. The number of phenolic OH excluding ortho intramolecular Hbond substituents is 3. The SMILES string of the molecule is CCCC(C)c1c(O)c(N)c(N/C=C2/C=CC=C(C(N)=O)C2=N)c(O)c1O. The van der Waals surface area contributed by atoms with Crippen molar-refractivity contribution in [2.75, 3.05) is 11.1 Å². The van der Waals surface area contributed by atoms with Crippen molar-refractivity contribution in [1.29, 1.82) is 5.41 Å². The van der Waals surface area contributed by atoms with Crippen LogP contribution in [0.5, 0.6) is 17.2 Å². The number of aromatic hydroxyl groups is 3. The summed E-state index contributed by atoms with van der Waals surface area (Å²) >= 11 is 0. The molecule has 27 heavy (non-hydrogen) atoms. The maximum absolute atomic E-state index is 11.3. The third kappa shape index (κ3) is 3.74. The Labute approximate surface area is 157 Å². The van der Waals surface area contributed by atoms with Gasteiger partial charge in [-0.15, -0.1) is 0 Å². The molecular weight excluding hydrogens is 348 g/mol. The molecule has 1 unspecified atom stereocenters. The lowest BCUT2D eigenvalue weighted by Crippen LogP contribution is -2.22. The number of benzene rings is 1. The molecule has 0 aromatic heterocycles. The number of amides is 1. The van der Waals surface area contributed by atoms with Crippen LogP contribution in [0.3, 0.4) is 0 Å². The van der Waals surface area contributed by atoms with E-state index < -0.39 is 17.4 Å². The number of rotatable bonds is 6. The Kier molecular flexibility index (Phi) is 5.79. The summed E-state index contributed by atoms with van der Waals surface area (Å²) in [6.45, 7) is 3.79. The Morgan fingerprint density at radius 3 is 2.56 bits per heavy atom. The molecule has 0 radical (unpaired) electrons. The lowest BCUT2D eigenvalue weighted by atomic mass is 9.93. The van der Waals surface area contributed by atoms with Gasteiger partial charge in [-0.25, -0.2) is 0 Å². The molecule has 0 spiro atoms. The molecule has 9 N–H and O–H groups in total. The summed E-state index contributed by atoms with van der Waals surface area (Å²) in [6.07, 6.45) is 7.40. The summed E-state index contributed by atoms with van der Waals surface area (Å²) in [5, 5.41) is 41.8. The maximum Gasteiger partial charge on any atom is 0.250 e. The zero-order valence-corrected chi connectivity index (χ0v) is 15.2. The molecule has 0 aliphatic heterocycles. The highest BCUT2D eigenvalue weighted by molar-refractivity contribution is 6.28. The highest BCUT2D eigenvalue weighted by atomic mass is 16.3. The minimum atomic E-state index is -0.734. The molecule has 0 saturated carbocycles. The van der Waals surface area contributed by atoms with E-state index >= 15 is 0 Å². The lowest BCUT2D eigenvalue weighted by Gasteiger charge is -2.20. The Morgan fingerprint density at radius 1 is 1.30 bits per heavy atom. The number of nitrogens with one attached hydrogen (secondary N) is 2. The van der Waals surface area contributed by atoms with E-state index in [1.54, 1.807) is 12.2 Å². The molecule has 1 aromatic rings. The fraction of sp³-hybridized carbons (Fsp3) is 0.263. The molecule has 0 heterocycles. The van der Waals surface area contributed by atoms with Gasteiger partial charge in [-0.05, 0) is 18.4 Å². The van der Waals surface area contributed by atoms with Crippen molar-refractivity contribution in [2.24, 2.45) is 5.73 Å². The molecular formula is C19H24N4O4. The van der Waals surface area contributed by atoms with Gasteiger partial charge >= 0.3 is 0 Å². The number of hydrogen-bond donors (Lipinski definition) is 7. The zero-order valence-electron chi connectivity index (χ0n) is 15.2. The summed E-state index contributed by atoms with van der Waals surface area (Å²) in [4.78, 5) is 11.3. The number of carbonyl (C=O) groups is 1. The van der Waals surface area contributed by atoms with Crippen molar-refractivity contribution in [3.05, 3.63) is 41.1 Å². The number of anilines is 2. The Hall–Kier alpha value is -3.42. The summed E-state index contributed by atoms with van der Waals surface area (Å²) in [6, 6.07) is 0. The van der Waals surface area contributed by atoms with Crippen molar-refractivity contribution in [3.8, 4) is 17.2 Å². The van der Waals surface area contributed by atoms with Gasteiger partial charge in [-0.3, -0.25) is 10.2 Å². The van der Waals surface area contributed by atoms with E-state index in [4.69, 9.17) is 16.9 Å². The normalized spacial score (nSPS) is 16.3. The minimum Gasteiger partial charge on any atom is -0.505 e. The van der Waals surface area contributed by atoms with E-state index in [1.165, 1.54) is 12.3 Å². The van der Waals surface area contributed by atoms with Crippen LogP contribution in [-0.2, 0) is 4.79 Å². The van der Waals surface area contributed by atoms with E-state index in [1.807, 2.05) is 13.8 Å². The smallest absolute Gasteiger partial charge is 0.250 e. The van der Waals surface area contributed by atoms with Crippen molar-refractivity contribution >= 4 is 23.0 Å². The third-order valence-electron chi connectivity index (χ3n) is 4.44. The number of nitrogen functional groups attached to an aromatic ring is 1. The molecule has 8 heteroatoms. The minimum absolute atomic E-state index is 0.0391. The van der Waals surface area contributed by atoms with Gasteiger partial charge < -0.3 is 32.1 Å². The predicted octanol–water partition coefficient (Wildman–Crippen LogP) is 2.59. The monoisotopic (exact) mass is 372 g/mol. The van der Waals surface area contributed by atoms with E-state index in [9.17, 15) is 20.1 Å². The van der Waals surface area contributed by atoms with Crippen molar-refractivity contribution in [3.63, 3.8) is 0 Å². The van der Waals surface area contributed by atoms with Crippen LogP contribution in [0.15, 0.2) is 35.6 Å². The number of phenols is 3. The fourth-order valence-corrected chi connectivity index (χ4v) is 2.99. The number of allylic oxidation sites excluding steroid dienone is 4. The molecule has 1 aliphatic rings. The van der Waals surface area contributed by atoms with Gasteiger partial charge in [0.1, 0.15) is 17.1 Å². The number of nitrogens with two attached hydrogens (primary N) is 2. The molecule has 2 rings (SSSR count). The Balaban J connectivity index is 2.41. The molecule has 0 fully saturated rings. The largest absolute Gasteiger partial charge is 0.505 e. The second-order valence-electron chi connectivity index (χ2n) is 6.36. The van der Waals surface area contributed by atoms with Crippen LogP contribution in [0, 0.1) is 5.41 Å². The first-order valence-corrected chi connectivity index (χ1v) is 8.51. The lowest BCUT2D eigenvalue weighted by molar-refractivity contribution is -0.114. The quantitative estimate of drug-likeness (QED) is 0.230. The zero-order chi connectivity index (χ0) is 20.3. The molecule has 1 amide bonds. The van der Waals surface area contributed by atoms with E-state index in [-0.39, 0.29) is 39.9 Å². The predicted molar refractivity (Wildman–Crippen MR) is 105 cm³/mol. The average Bonchev–Trinajstić information content (AvgIpc) is 2.61. The first-order valence-electron chi connectivity index (χ1n) is 8.51. The molecule has 8 nitrogen and oxygen atoms in total. The van der Waals surface area contributed by atoms with Crippen LogP contribution in [0.4, 0.5) is 11.4 Å². The first-order chi connectivity index (χ1) is 12.7. The third-order valence-corrected chi connectivity index (χ3v) is 4.44. The number of carbonyl (C=O) groups excluding carboxylic acids is 1. The van der Waals surface area contributed by atoms with Gasteiger partial charge in [0.2, 0.25) is 0 Å². The Morgan fingerprint density at radius 2 is 1.96 bits per heavy atom. The van der Waals surface area contributed by atoms with Crippen LogP contribution in [0.25, 0.3) is 0 Å². The van der Waals surface area contributed by atoms with Crippen LogP contribution in [0.2, 0.25) is 0 Å². The summed E-state index contributed by atoms with van der Waals surface area (Å²) < 4.78 is 0. The molecule has 1 aliphatic carbocycles. The molecule has 1 atom stereocenters. The second-order valence-corrected chi connectivity index (χ2v) is 6.36. The average molecular weight is 372 g/mol. The van der Waals surface area contributed by atoms with Crippen molar-refractivity contribution in [1.82, 2.24) is 0 Å². The van der Waals surface area contributed by atoms with E-state index in [0.29, 0.717) is 12.0 Å². The van der Waals surface area contributed by atoms with E-state index in [2.05, 4.69) is 5.32 Å². The van der Waals surface area contributed by atoms with Gasteiger partial charge in [0.15, 0.2) is 11.5 Å². The first kappa shape index (κ1) is 19.9. The van der Waals surface area contributed by atoms with Crippen LogP contribution in [0.1, 0.15) is 38.2 Å². The van der Waals surface area contributed by atoms with Gasteiger partial charge in [0, 0.05) is 17.3 Å². The standard InChI is InChI=1S/C19H24N4O4/c1-3-5-9(2)12-16(24)14(21)15(18(26)17(12)25)23-8-10-6-4-7-11(13(10)20)19(22)27/h4,6-9,20,23-26H,3,5,21H2,1-2H3,(H2,22,27)/b10-8-,20-13?. The highest BCUT2D eigenvalue weighted by Crippen LogP contribution is 2.51. The summed E-state index contributed by atoms with van der Waals surface area (Å²) in [7, 11) is 0. The summed E-state index contributed by atoms with van der Waals surface area (Å²) in [5.41, 5.74) is 11.4. The summed E-state index contributed by atoms with van der Waals surface area (Å²) in [5.74, 6) is -2.19. The number of hydrogen-bond acceptors (Lipinski definition) is 7. The highest BCUT2D eigenvalue weighted by Gasteiger charge is 2.25. The molecule has 1 aromatic carbocycles. The van der Waals surface area contributed by atoms with Crippen LogP contribution in [-0.4, -0.2) is 26.9 Å². The van der Waals surface area contributed by atoms with Gasteiger partial charge in [-0.1, -0.05) is 32.4 Å².